The van der Waals surface area contributed by atoms with Crippen LogP contribution in [0.3, 0.4) is 0 Å². The smallest absolute Gasteiger partial charge is 0.264 e. The van der Waals surface area contributed by atoms with Crippen LogP contribution in [0.5, 0.6) is 0 Å². The number of aryl methyl sites for hydroxylation is 1. The van der Waals surface area contributed by atoms with Crippen molar-refractivity contribution >= 4 is 39.1 Å². The topological polar surface area (TPSA) is 86.8 Å². The molecule has 0 bridgehead atoms. The van der Waals surface area contributed by atoms with Gasteiger partial charge in [-0.1, -0.05) is 54.9 Å². The van der Waals surface area contributed by atoms with Crippen LogP contribution in [-0.4, -0.2) is 44.8 Å². The van der Waals surface area contributed by atoms with E-state index in [4.69, 9.17) is 11.6 Å². The molecule has 1 N–H and O–H groups in total. The van der Waals surface area contributed by atoms with Crippen LogP contribution in [0, 0.1) is 12.7 Å². The van der Waals surface area contributed by atoms with E-state index >= 15 is 0 Å². The summed E-state index contributed by atoms with van der Waals surface area (Å²) in [6.07, 6.45) is 0.286. The molecule has 3 aromatic rings. The van der Waals surface area contributed by atoms with E-state index in [1.165, 1.54) is 54.4 Å². The summed E-state index contributed by atoms with van der Waals surface area (Å²) < 4.78 is 42.0. The minimum absolute atomic E-state index is 0.00519. The minimum Gasteiger partial charge on any atom is -0.357 e. The number of nitrogens with zero attached hydrogens (tertiary/aromatic N) is 2. The molecule has 3 rings (SSSR count). The zero-order valence-corrected chi connectivity index (χ0v) is 22.4. The Morgan fingerprint density at radius 2 is 1.68 bits per heavy atom. The fraction of sp³-hybridized carbons (Fsp3) is 0.259. The van der Waals surface area contributed by atoms with Gasteiger partial charge < -0.3 is 10.2 Å². The van der Waals surface area contributed by atoms with Crippen molar-refractivity contribution < 1.29 is 22.4 Å². The summed E-state index contributed by atoms with van der Waals surface area (Å²) >= 11 is 6.21. The predicted molar refractivity (Wildman–Crippen MR) is 142 cm³/mol. The highest BCUT2D eigenvalue weighted by Gasteiger charge is 2.34. The number of hydrogen-bond donors (Lipinski definition) is 1. The Morgan fingerprint density at radius 3 is 2.27 bits per heavy atom. The summed E-state index contributed by atoms with van der Waals surface area (Å²) in [4.78, 5) is 27.8. The summed E-state index contributed by atoms with van der Waals surface area (Å²) in [6.45, 7) is 2.88. The van der Waals surface area contributed by atoms with E-state index in [0.29, 0.717) is 16.1 Å². The van der Waals surface area contributed by atoms with Crippen molar-refractivity contribution in [1.29, 1.82) is 0 Å². The van der Waals surface area contributed by atoms with Crippen LogP contribution in [0.2, 0.25) is 5.02 Å². The zero-order valence-electron chi connectivity index (χ0n) is 20.8. The Labute approximate surface area is 221 Å². The van der Waals surface area contributed by atoms with Crippen molar-refractivity contribution in [1.82, 2.24) is 10.2 Å². The Balaban J connectivity index is 2.09. The van der Waals surface area contributed by atoms with E-state index in [1.54, 1.807) is 44.2 Å². The third-order valence-corrected chi connectivity index (χ3v) is 7.96. The molecule has 0 saturated heterocycles. The lowest BCUT2D eigenvalue weighted by Gasteiger charge is -2.33. The van der Waals surface area contributed by atoms with Crippen LogP contribution in [0.15, 0.2) is 77.7 Å². The molecule has 0 radical (unpaired) electrons. The van der Waals surface area contributed by atoms with E-state index in [-0.39, 0.29) is 23.5 Å². The molecule has 10 heteroatoms. The molecule has 196 valence electrons. The highest BCUT2D eigenvalue weighted by molar-refractivity contribution is 7.92. The average molecular weight is 546 g/mol. The van der Waals surface area contributed by atoms with E-state index in [2.05, 4.69) is 5.32 Å². The summed E-state index contributed by atoms with van der Waals surface area (Å²) in [5.41, 5.74) is 1.44. The molecular formula is C27H29ClFN3O4S. The van der Waals surface area contributed by atoms with E-state index in [9.17, 15) is 22.4 Å². The molecule has 0 unspecified atom stereocenters. The van der Waals surface area contributed by atoms with E-state index < -0.39 is 40.2 Å². The molecule has 0 saturated carbocycles. The molecule has 0 aliphatic rings. The molecule has 0 aromatic heterocycles. The van der Waals surface area contributed by atoms with Gasteiger partial charge in [0.1, 0.15) is 18.4 Å². The molecule has 1 atom stereocenters. The lowest BCUT2D eigenvalue weighted by Crippen LogP contribution is -2.51. The Kier molecular flexibility index (Phi) is 9.29. The summed E-state index contributed by atoms with van der Waals surface area (Å²) in [5, 5.41) is 2.87. The largest absolute Gasteiger partial charge is 0.357 e. The molecule has 0 spiro atoms. The van der Waals surface area contributed by atoms with Crippen LogP contribution >= 0.6 is 11.6 Å². The van der Waals surface area contributed by atoms with Crippen molar-refractivity contribution in [2.45, 2.75) is 37.8 Å². The monoisotopic (exact) mass is 545 g/mol. The van der Waals surface area contributed by atoms with Gasteiger partial charge >= 0.3 is 0 Å². The first-order chi connectivity index (χ1) is 17.6. The highest BCUT2D eigenvalue weighted by Crippen LogP contribution is 2.30. The standard InChI is InChI=1S/C27H29ClFN3O4S/c1-4-24(27(34)30-3)31(17-20-11-14-22(29)15-12-20)26(33)18-32(25-16-21(28)13-10-19(25)2)37(35,36)23-8-6-5-7-9-23/h5-16,24H,4,17-18H2,1-3H3,(H,30,34)/t24-/m1/s1. The normalized spacial score (nSPS) is 12.0. The van der Waals surface area contributed by atoms with Gasteiger partial charge in [-0.2, -0.15) is 0 Å². The second kappa shape index (κ2) is 12.2. The number of anilines is 1. The second-order valence-electron chi connectivity index (χ2n) is 8.44. The first-order valence-corrected chi connectivity index (χ1v) is 13.5. The van der Waals surface area contributed by atoms with E-state index in [0.717, 1.165) is 4.31 Å². The maximum Gasteiger partial charge on any atom is 0.264 e. The predicted octanol–water partition coefficient (Wildman–Crippen LogP) is 4.54. The van der Waals surface area contributed by atoms with Crippen molar-refractivity contribution in [2.24, 2.45) is 0 Å². The molecular weight excluding hydrogens is 517 g/mol. The van der Waals surface area contributed by atoms with Gasteiger partial charge in [0.25, 0.3) is 10.0 Å². The second-order valence-corrected chi connectivity index (χ2v) is 10.7. The summed E-state index contributed by atoms with van der Waals surface area (Å²) in [7, 11) is -2.72. The number of sulfonamides is 1. The Bertz CT molecular complexity index is 1350. The molecule has 3 aromatic carbocycles. The molecule has 2 amide bonds. The number of hydrogen-bond acceptors (Lipinski definition) is 4. The van der Waals surface area contributed by atoms with Crippen LogP contribution in [0.1, 0.15) is 24.5 Å². The van der Waals surface area contributed by atoms with Gasteiger partial charge in [-0.15, -0.1) is 0 Å². The van der Waals surface area contributed by atoms with Crippen LogP contribution < -0.4 is 9.62 Å². The summed E-state index contributed by atoms with van der Waals surface area (Å²) in [6, 6.07) is 17.3. The number of carbonyl (C=O) groups excluding carboxylic acids is 2. The SMILES string of the molecule is CC[C@H](C(=O)NC)N(Cc1ccc(F)cc1)C(=O)CN(c1cc(Cl)ccc1C)S(=O)(=O)c1ccccc1. The van der Waals surface area contributed by atoms with E-state index in [1.807, 2.05) is 0 Å². The first-order valence-electron chi connectivity index (χ1n) is 11.7. The number of carbonyl (C=O) groups is 2. The third kappa shape index (κ3) is 6.67. The molecule has 0 aliphatic heterocycles. The Hall–Kier alpha value is -3.43. The fourth-order valence-corrected chi connectivity index (χ4v) is 5.61. The van der Waals surface area contributed by atoms with Crippen molar-refractivity contribution in [3.05, 3.63) is 94.8 Å². The minimum atomic E-state index is -4.18. The lowest BCUT2D eigenvalue weighted by atomic mass is 10.1. The van der Waals surface area contributed by atoms with Gasteiger partial charge in [-0.25, -0.2) is 12.8 Å². The van der Waals surface area contributed by atoms with Gasteiger partial charge in [-0.05, 0) is 60.9 Å². The molecule has 0 aliphatic carbocycles. The number of rotatable bonds is 10. The first kappa shape index (κ1) is 28.1. The Morgan fingerprint density at radius 1 is 1.03 bits per heavy atom. The zero-order chi connectivity index (χ0) is 27.2. The average Bonchev–Trinajstić information content (AvgIpc) is 2.89. The van der Waals surface area contributed by atoms with Crippen LogP contribution in [0.25, 0.3) is 0 Å². The van der Waals surface area contributed by atoms with Crippen molar-refractivity contribution in [2.75, 3.05) is 17.9 Å². The molecule has 7 nitrogen and oxygen atoms in total. The van der Waals surface area contributed by atoms with Crippen LogP contribution in [0.4, 0.5) is 10.1 Å². The van der Waals surface area contributed by atoms with Gasteiger partial charge in [-0.3, -0.25) is 13.9 Å². The molecule has 0 heterocycles. The molecule has 37 heavy (non-hydrogen) atoms. The van der Waals surface area contributed by atoms with Gasteiger partial charge in [0, 0.05) is 18.6 Å². The third-order valence-electron chi connectivity index (χ3n) is 5.95. The number of halogens is 2. The molecule has 0 fully saturated rings. The van der Waals surface area contributed by atoms with Gasteiger partial charge in [0.15, 0.2) is 0 Å². The van der Waals surface area contributed by atoms with Gasteiger partial charge in [0.05, 0.1) is 10.6 Å². The van der Waals surface area contributed by atoms with Gasteiger partial charge in [0.2, 0.25) is 11.8 Å². The quantitative estimate of drug-likeness (QED) is 0.405. The lowest BCUT2D eigenvalue weighted by molar-refractivity contribution is -0.140. The fourth-order valence-electron chi connectivity index (χ4n) is 3.96. The number of benzene rings is 3. The number of amides is 2. The van der Waals surface area contributed by atoms with Crippen molar-refractivity contribution in [3.63, 3.8) is 0 Å². The summed E-state index contributed by atoms with van der Waals surface area (Å²) in [5.74, 6) is -1.43. The highest BCUT2D eigenvalue weighted by atomic mass is 35.5. The van der Waals surface area contributed by atoms with Crippen molar-refractivity contribution in [3.8, 4) is 0 Å². The maximum atomic E-state index is 13.8. The number of nitrogens with one attached hydrogen (secondary N) is 1. The maximum absolute atomic E-state index is 13.8. The number of likely N-dealkylation sites (N-methyl/N-ethyl adjacent to an activating group) is 1. The van der Waals surface area contributed by atoms with Crippen LogP contribution in [-0.2, 0) is 26.2 Å².